The highest BCUT2D eigenvalue weighted by Crippen LogP contribution is 2.00. The molecule has 0 aromatic heterocycles. The summed E-state index contributed by atoms with van der Waals surface area (Å²) in [5, 5.41) is 8.35. The van der Waals surface area contributed by atoms with Crippen LogP contribution in [0.4, 0.5) is 0 Å². The lowest BCUT2D eigenvalue weighted by atomic mass is 10.2. The van der Waals surface area contributed by atoms with Gasteiger partial charge in [0.2, 0.25) is 5.91 Å². The van der Waals surface area contributed by atoms with Crippen LogP contribution in [0.3, 0.4) is 0 Å². The molecule has 0 saturated carbocycles. The van der Waals surface area contributed by atoms with Gasteiger partial charge in [-0.05, 0) is 12.8 Å². The second-order valence-electron chi connectivity index (χ2n) is 3.57. The zero-order valence-corrected chi connectivity index (χ0v) is 9.81. The highest BCUT2D eigenvalue weighted by molar-refractivity contribution is 5.83. The predicted molar refractivity (Wildman–Crippen MR) is 58.8 cm³/mol. The van der Waals surface area contributed by atoms with Crippen molar-refractivity contribution in [2.24, 2.45) is 5.73 Å². The Labute approximate surface area is 103 Å². The summed E-state index contributed by atoms with van der Waals surface area (Å²) in [7, 11) is 0. The molecule has 0 aliphatic carbocycles. The maximum Gasteiger partial charge on any atom is 0.332 e. The molecule has 0 aromatic rings. The van der Waals surface area contributed by atoms with Crippen LogP contribution in [0.1, 0.15) is 38.5 Å². The van der Waals surface area contributed by atoms with E-state index in [2.05, 4.69) is 4.84 Å². The normalized spacial score (nSPS) is 9.56. The number of unbranched alkanes of at least 4 members (excludes halogenated alkanes) is 1. The van der Waals surface area contributed by atoms with E-state index >= 15 is 0 Å². The van der Waals surface area contributed by atoms with Crippen LogP contribution in [0.15, 0.2) is 0 Å². The molecule has 0 unspecified atom stereocenters. The lowest BCUT2D eigenvalue weighted by molar-refractivity contribution is -0.158. The van der Waals surface area contributed by atoms with E-state index in [0.717, 1.165) is 0 Å². The molecular formula is C10H16N2O6. The minimum Gasteiger partial charge on any atom is -0.481 e. The highest BCUT2D eigenvalue weighted by atomic mass is 16.7. The summed E-state index contributed by atoms with van der Waals surface area (Å²) < 4.78 is 0. The van der Waals surface area contributed by atoms with Crippen molar-refractivity contribution in [1.29, 1.82) is 0 Å². The van der Waals surface area contributed by atoms with E-state index in [0.29, 0.717) is 12.8 Å². The molecule has 0 atom stereocenters. The highest BCUT2D eigenvalue weighted by Gasteiger charge is 2.08. The number of hydrogen-bond donors (Lipinski definition) is 3. The first-order chi connectivity index (χ1) is 8.41. The molecule has 0 heterocycles. The Morgan fingerprint density at radius 2 is 1.61 bits per heavy atom. The van der Waals surface area contributed by atoms with Gasteiger partial charge in [-0.2, -0.15) is 5.48 Å². The number of amides is 2. The number of carbonyl (C=O) groups is 4. The van der Waals surface area contributed by atoms with Crippen molar-refractivity contribution < 1.29 is 29.1 Å². The van der Waals surface area contributed by atoms with Gasteiger partial charge in [0, 0.05) is 25.7 Å². The maximum atomic E-state index is 11.1. The van der Waals surface area contributed by atoms with Crippen LogP contribution >= 0.6 is 0 Å². The molecule has 8 nitrogen and oxygen atoms in total. The van der Waals surface area contributed by atoms with Crippen LogP contribution in [-0.2, 0) is 24.0 Å². The SMILES string of the molecule is NC(=O)CCC(=O)NOC(=O)CCCCC(=O)O. The van der Waals surface area contributed by atoms with Gasteiger partial charge >= 0.3 is 11.9 Å². The van der Waals surface area contributed by atoms with Gasteiger partial charge in [0.25, 0.3) is 5.91 Å². The van der Waals surface area contributed by atoms with Gasteiger partial charge in [-0.25, -0.2) is 4.79 Å². The van der Waals surface area contributed by atoms with Gasteiger partial charge in [-0.15, -0.1) is 0 Å². The van der Waals surface area contributed by atoms with Gasteiger partial charge in [0.1, 0.15) is 0 Å². The fourth-order valence-electron chi connectivity index (χ4n) is 0.998. The number of rotatable bonds is 8. The Morgan fingerprint density at radius 3 is 2.17 bits per heavy atom. The van der Waals surface area contributed by atoms with E-state index < -0.39 is 23.8 Å². The minimum atomic E-state index is -0.928. The first-order valence-corrected chi connectivity index (χ1v) is 5.40. The van der Waals surface area contributed by atoms with Crippen molar-refractivity contribution in [3.8, 4) is 0 Å². The smallest absolute Gasteiger partial charge is 0.332 e. The van der Waals surface area contributed by atoms with E-state index in [1.54, 1.807) is 0 Å². The number of carboxylic acids is 1. The number of hydroxylamine groups is 1. The van der Waals surface area contributed by atoms with Gasteiger partial charge in [0.15, 0.2) is 0 Å². The lowest BCUT2D eigenvalue weighted by Gasteiger charge is -2.04. The Hall–Kier alpha value is -2.12. The minimum absolute atomic E-state index is 0.0156. The number of primary amides is 1. The average molecular weight is 260 g/mol. The van der Waals surface area contributed by atoms with E-state index in [1.807, 2.05) is 5.48 Å². The Balaban J connectivity index is 3.54. The molecular weight excluding hydrogens is 244 g/mol. The summed E-state index contributed by atoms with van der Waals surface area (Å²) in [6.45, 7) is 0. The molecule has 18 heavy (non-hydrogen) atoms. The number of nitrogens with one attached hydrogen (secondary N) is 1. The molecule has 0 fully saturated rings. The molecule has 0 spiro atoms. The summed E-state index contributed by atoms with van der Waals surface area (Å²) >= 11 is 0. The quantitative estimate of drug-likeness (QED) is 0.396. The molecule has 0 aromatic carbocycles. The zero-order valence-electron chi connectivity index (χ0n) is 9.81. The second kappa shape index (κ2) is 8.97. The van der Waals surface area contributed by atoms with E-state index in [4.69, 9.17) is 10.8 Å². The van der Waals surface area contributed by atoms with Crippen molar-refractivity contribution in [3.63, 3.8) is 0 Å². The fourth-order valence-corrected chi connectivity index (χ4v) is 0.998. The van der Waals surface area contributed by atoms with E-state index in [-0.39, 0.29) is 25.7 Å². The first-order valence-electron chi connectivity index (χ1n) is 5.40. The van der Waals surface area contributed by atoms with Crippen molar-refractivity contribution in [2.45, 2.75) is 38.5 Å². The zero-order chi connectivity index (χ0) is 14.0. The monoisotopic (exact) mass is 260 g/mol. The fraction of sp³-hybridized carbons (Fsp3) is 0.600. The molecule has 0 rings (SSSR count). The summed E-state index contributed by atoms with van der Waals surface area (Å²) in [5.74, 6) is -2.83. The number of nitrogens with two attached hydrogens (primary N) is 1. The van der Waals surface area contributed by atoms with Gasteiger partial charge < -0.3 is 15.7 Å². The van der Waals surface area contributed by atoms with Crippen molar-refractivity contribution in [2.75, 3.05) is 0 Å². The largest absolute Gasteiger partial charge is 0.481 e. The lowest BCUT2D eigenvalue weighted by Crippen LogP contribution is -2.28. The molecule has 0 radical (unpaired) electrons. The third kappa shape index (κ3) is 10.4. The summed E-state index contributed by atoms with van der Waals surface area (Å²) in [4.78, 5) is 47.0. The summed E-state index contributed by atoms with van der Waals surface area (Å²) in [6.07, 6.45) is 0.452. The van der Waals surface area contributed by atoms with Gasteiger partial charge in [-0.1, -0.05) is 0 Å². The molecule has 0 bridgehead atoms. The van der Waals surface area contributed by atoms with Crippen LogP contribution in [0.5, 0.6) is 0 Å². The van der Waals surface area contributed by atoms with Crippen LogP contribution in [0.2, 0.25) is 0 Å². The molecule has 8 heteroatoms. The van der Waals surface area contributed by atoms with Crippen LogP contribution in [-0.4, -0.2) is 28.9 Å². The molecule has 102 valence electrons. The molecule has 2 amide bonds. The van der Waals surface area contributed by atoms with E-state index in [1.165, 1.54) is 0 Å². The number of carbonyl (C=O) groups excluding carboxylic acids is 3. The number of hydrogen-bond acceptors (Lipinski definition) is 5. The Morgan fingerprint density at radius 1 is 1.00 bits per heavy atom. The van der Waals surface area contributed by atoms with Crippen molar-refractivity contribution in [3.05, 3.63) is 0 Å². The topological polar surface area (TPSA) is 136 Å². The molecule has 0 aliphatic heterocycles. The predicted octanol–water partition coefficient (Wildman–Crippen LogP) is -0.529. The number of carboxylic acid groups (broad SMARTS) is 1. The molecule has 0 saturated heterocycles. The summed E-state index contributed by atoms with van der Waals surface area (Å²) in [5.41, 5.74) is 6.70. The first kappa shape index (κ1) is 15.9. The Kier molecular flexibility index (Phi) is 7.91. The summed E-state index contributed by atoms with van der Waals surface area (Å²) in [6, 6.07) is 0. The van der Waals surface area contributed by atoms with Gasteiger partial charge in [0.05, 0.1) is 0 Å². The van der Waals surface area contributed by atoms with Crippen LogP contribution < -0.4 is 11.2 Å². The number of aliphatic carboxylic acids is 1. The third-order valence-electron chi connectivity index (χ3n) is 1.90. The standard InChI is InChI=1S/C10H16N2O6/c11-7(13)5-6-8(14)12-18-10(17)4-2-1-3-9(15)16/h1-6H2,(H2,11,13)(H,12,14)(H,15,16). The molecule has 0 aliphatic rings. The Bertz CT molecular complexity index is 328. The van der Waals surface area contributed by atoms with Crippen LogP contribution in [0.25, 0.3) is 0 Å². The molecule has 4 N–H and O–H groups in total. The van der Waals surface area contributed by atoms with Crippen molar-refractivity contribution in [1.82, 2.24) is 5.48 Å². The van der Waals surface area contributed by atoms with Gasteiger partial charge in [-0.3, -0.25) is 14.4 Å². The van der Waals surface area contributed by atoms with Crippen LogP contribution in [0, 0.1) is 0 Å². The third-order valence-corrected chi connectivity index (χ3v) is 1.90. The maximum absolute atomic E-state index is 11.1. The average Bonchev–Trinajstić information content (AvgIpc) is 2.29. The van der Waals surface area contributed by atoms with E-state index in [9.17, 15) is 19.2 Å². The van der Waals surface area contributed by atoms with Crippen molar-refractivity contribution >= 4 is 23.8 Å². The second-order valence-corrected chi connectivity index (χ2v) is 3.57.